The molecule has 104 valence electrons. The fraction of sp³-hybridized carbons (Fsp3) is 0.154. The van der Waals surface area contributed by atoms with Crippen molar-refractivity contribution in [2.45, 2.75) is 0 Å². The number of nitrogens with zero attached hydrogens (tertiary/aromatic N) is 1. The molecule has 20 heavy (non-hydrogen) atoms. The van der Waals surface area contributed by atoms with E-state index in [1.807, 2.05) is 0 Å². The van der Waals surface area contributed by atoms with E-state index < -0.39 is 17.2 Å². The van der Waals surface area contributed by atoms with Gasteiger partial charge in [0.05, 0.1) is 7.11 Å². The van der Waals surface area contributed by atoms with E-state index in [-0.39, 0.29) is 5.56 Å². The van der Waals surface area contributed by atoms with Crippen molar-refractivity contribution in [2.75, 3.05) is 12.4 Å². The number of aromatic nitrogens is 2. The molecular weight excluding hydrogens is 262 g/mol. The van der Waals surface area contributed by atoms with Crippen LogP contribution in [-0.2, 0) is 7.05 Å². The maximum absolute atomic E-state index is 12.0. The van der Waals surface area contributed by atoms with E-state index in [1.54, 1.807) is 24.3 Å². The molecule has 0 aliphatic rings. The number of nitrogens with one attached hydrogen (secondary N) is 2. The molecule has 2 aromatic rings. The maximum atomic E-state index is 12.0. The lowest BCUT2D eigenvalue weighted by atomic mass is 10.2. The zero-order chi connectivity index (χ0) is 14.7. The number of H-pyrrole nitrogens is 1. The van der Waals surface area contributed by atoms with Crippen molar-refractivity contribution in [2.24, 2.45) is 7.05 Å². The van der Waals surface area contributed by atoms with E-state index in [0.29, 0.717) is 11.4 Å². The Bertz CT molecular complexity index is 743. The van der Waals surface area contributed by atoms with Crippen molar-refractivity contribution in [3.8, 4) is 5.75 Å². The van der Waals surface area contributed by atoms with Gasteiger partial charge in [-0.1, -0.05) is 0 Å². The second-order valence-electron chi connectivity index (χ2n) is 4.05. The van der Waals surface area contributed by atoms with Gasteiger partial charge in [0.25, 0.3) is 11.5 Å². The minimum atomic E-state index is -0.653. The minimum absolute atomic E-state index is 0.136. The second kappa shape index (κ2) is 5.43. The molecule has 1 aromatic carbocycles. The van der Waals surface area contributed by atoms with E-state index in [9.17, 15) is 14.4 Å². The number of hydrogen-bond donors (Lipinski definition) is 2. The van der Waals surface area contributed by atoms with Gasteiger partial charge < -0.3 is 15.0 Å². The highest BCUT2D eigenvalue weighted by molar-refractivity contribution is 6.03. The summed E-state index contributed by atoms with van der Waals surface area (Å²) in [6.45, 7) is 0. The largest absolute Gasteiger partial charge is 0.497 e. The SMILES string of the molecule is COc1ccc(NC(=O)c2c[nH]c(=O)n(C)c2=O)cc1. The smallest absolute Gasteiger partial charge is 0.328 e. The minimum Gasteiger partial charge on any atom is -0.497 e. The third kappa shape index (κ3) is 2.61. The van der Waals surface area contributed by atoms with Crippen molar-refractivity contribution in [3.05, 3.63) is 56.9 Å². The number of amides is 1. The molecule has 1 amide bonds. The molecule has 2 rings (SSSR count). The quantitative estimate of drug-likeness (QED) is 0.844. The number of rotatable bonds is 3. The first-order valence-corrected chi connectivity index (χ1v) is 5.77. The molecule has 0 saturated heterocycles. The molecule has 0 spiro atoms. The molecule has 0 radical (unpaired) electrons. The summed E-state index contributed by atoms with van der Waals surface area (Å²) < 4.78 is 5.84. The highest BCUT2D eigenvalue weighted by Crippen LogP contribution is 2.15. The number of anilines is 1. The van der Waals surface area contributed by atoms with Gasteiger partial charge in [-0.05, 0) is 24.3 Å². The number of carbonyl (C=O) groups is 1. The topological polar surface area (TPSA) is 93.2 Å². The average Bonchev–Trinajstić information content (AvgIpc) is 2.45. The highest BCUT2D eigenvalue weighted by atomic mass is 16.5. The normalized spacial score (nSPS) is 10.1. The van der Waals surface area contributed by atoms with Gasteiger partial charge in [0.2, 0.25) is 0 Å². The van der Waals surface area contributed by atoms with E-state index >= 15 is 0 Å². The van der Waals surface area contributed by atoms with Crippen LogP contribution in [0.1, 0.15) is 10.4 Å². The molecule has 7 nitrogen and oxygen atoms in total. The van der Waals surface area contributed by atoms with Crippen LogP contribution in [-0.4, -0.2) is 22.6 Å². The molecule has 0 saturated carbocycles. The average molecular weight is 275 g/mol. The molecule has 0 atom stereocenters. The Hall–Kier alpha value is -2.83. The Morgan fingerprint density at radius 2 is 1.90 bits per heavy atom. The summed E-state index contributed by atoms with van der Waals surface area (Å²) in [5, 5.41) is 2.57. The zero-order valence-electron chi connectivity index (χ0n) is 11.0. The van der Waals surface area contributed by atoms with Crippen molar-refractivity contribution in [1.82, 2.24) is 9.55 Å². The van der Waals surface area contributed by atoms with E-state index in [1.165, 1.54) is 14.2 Å². The number of carbonyl (C=O) groups excluding carboxylic acids is 1. The molecule has 2 N–H and O–H groups in total. The van der Waals surface area contributed by atoms with Crippen molar-refractivity contribution in [3.63, 3.8) is 0 Å². The monoisotopic (exact) mass is 275 g/mol. The lowest BCUT2D eigenvalue weighted by molar-refractivity contribution is 0.102. The van der Waals surface area contributed by atoms with Crippen molar-refractivity contribution in [1.29, 1.82) is 0 Å². The second-order valence-corrected chi connectivity index (χ2v) is 4.05. The van der Waals surface area contributed by atoms with Crippen LogP contribution in [0.25, 0.3) is 0 Å². The summed E-state index contributed by atoms with van der Waals surface area (Å²) in [5.74, 6) is 0.0648. The third-order valence-corrected chi connectivity index (χ3v) is 2.77. The summed E-state index contributed by atoms with van der Waals surface area (Å²) in [4.78, 5) is 37.3. The molecule has 0 aliphatic carbocycles. The van der Waals surface area contributed by atoms with Crippen LogP contribution in [0.3, 0.4) is 0 Å². The Morgan fingerprint density at radius 3 is 2.50 bits per heavy atom. The summed E-state index contributed by atoms with van der Waals surface area (Å²) in [6, 6.07) is 6.65. The van der Waals surface area contributed by atoms with Gasteiger partial charge in [0.1, 0.15) is 11.3 Å². The molecule has 7 heteroatoms. The Labute approximate surface area is 113 Å². The Morgan fingerprint density at radius 1 is 1.25 bits per heavy atom. The van der Waals surface area contributed by atoms with Gasteiger partial charge in [0, 0.05) is 18.9 Å². The molecule has 0 unspecified atom stereocenters. The number of methoxy groups -OCH3 is 1. The van der Waals surface area contributed by atoms with Crippen LogP contribution in [0.15, 0.2) is 40.1 Å². The fourth-order valence-corrected chi connectivity index (χ4v) is 1.60. The molecule has 1 heterocycles. The fourth-order valence-electron chi connectivity index (χ4n) is 1.60. The third-order valence-electron chi connectivity index (χ3n) is 2.77. The standard InChI is InChI=1S/C13H13N3O4/c1-16-12(18)10(7-14-13(16)19)11(17)15-8-3-5-9(20-2)6-4-8/h3-7H,1-2H3,(H,14,19)(H,15,17). The van der Waals surface area contributed by atoms with Crippen molar-refractivity contribution >= 4 is 11.6 Å². The van der Waals surface area contributed by atoms with Gasteiger partial charge in [-0.15, -0.1) is 0 Å². The Kier molecular flexibility index (Phi) is 3.69. The van der Waals surface area contributed by atoms with Crippen LogP contribution in [0.5, 0.6) is 5.75 Å². The van der Waals surface area contributed by atoms with Gasteiger partial charge in [0.15, 0.2) is 0 Å². The lowest BCUT2D eigenvalue weighted by Crippen LogP contribution is -2.37. The first kappa shape index (κ1) is 13.6. The molecular formula is C13H13N3O4. The first-order valence-electron chi connectivity index (χ1n) is 5.77. The van der Waals surface area contributed by atoms with Gasteiger partial charge in [-0.2, -0.15) is 0 Å². The number of ether oxygens (including phenoxy) is 1. The number of benzene rings is 1. The van der Waals surface area contributed by atoms with E-state index in [0.717, 1.165) is 10.8 Å². The zero-order valence-corrected chi connectivity index (χ0v) is 11.0. The number of hydrogen-bond acceptors (Lipinski definition) is 4. The number of aromatic amines is 1. The molecule has 1 aromatic heterocycles. The maximum Gasteiger partial charge on any atom is 0.328 e. The van der Waals surface area contributed by atoms with Gasteiger partial charge in [-0.3, -0.25) is 14.2 Å². The van der Waals surface area contributed by atoms with Crippen LogP contribution in [0, 0.1) is 0 Å². The van der Waals surface area contributed by atoms with Crippen molar-refractivity contribution < 1.29 is 9.53 Å². The molecule has 0 bridgehead atoms. The van der Waals surface area contributed by atoms with Crippen LogP contribution in [0.4, 0.5) is 5.69 Å². The predicted octanol–water partition coefficient (Wildman–Crippen LogP) is 0.334. The summed E-state index contributed by atoms with van der Waals surface area (Å²) >= 11 is 0. The highest BCUT2D eigenvalue weighted by Gasteiger charge is 2.13. The van der Waals surface area contributed by atoms with Gasteiger partial charge in [-0.25, -0.2) is 4.79 Å². The lowest BCUT2D eigenvalue weighted by Gasteiger charge is -2.06. The van der Waals surface area contributed by atoms with E-state index in [4.69, 9.17) is 4.74 Å². The van der Waals surface area contributed by atoms with Crippen LogP contribution < -0.4 is 21.3 Å². The summed E-state index contributed by atoms with van der Waals surface area (Å²) in [6.07, 6.45) is 1.10. The summed E-state index contributed by atoms with van der Waals surface area (Å²) in [7, 11) is 2.84. The summed E-state index contributed by atoms with van der Waals surface area (Å²) in [5.41, 5.74) is -0.845. The predicted molar refractivity (Wildman–Crippen MR) is 73.3 cm³/mol. The van der Waals surface area contributed by atoms with Gasteiger partial charge >= 0.3 is 5.69 Å². The van der Waals surface area contributed by atoms with Crippen LogP contribution >= 0.6 is 0 Å². The first-order chi connectivity index (χ1) is 9.52. The van der Waals surface area contributed by atoms with Crippen LogP contribution in [0.2, 0.25) is 0 Å². The Balaban J connectivity index is 2.26. The van der Waals surface area contributed by atoms with E-state index in [2.05, 4.69) is 10.3 Å². The molecule has 0 aliphatic heterocycles. The molecule has 0 fully saturated rings.